The van der Waals surface area contributed by atoms with Gasteiger partial charge in [0.15, 0.2) is 0 Å². The van der Waals surface area contributed by atoms with E-state index >= 15 is 0 Å². The third kappa shape index (κ3) is 5.40. The molecule has 0 saturated carbocycles. The minimum Gasteiger partial charge on any atom is -0.489 e. The highest BCUT2D eigenvalue weighted by atomic mass is 16.5. The zero-order chi connectivity index (χ0) is 10.9. The third-order valence-electron chi connectivity index (χ3n) is 2.06. The molecule has 0 aliphatic rings. The number of rotatable bonds is 7. The van der Waals surface area contributed by atoms with Crippen molar-refractivity contribution in [1.82, 2.24) is 5.32 Å². The molecule has 2 N–H and O–H groups in total. The van der Waals surface area contributed by atoms with Gasteiger partial charge in [-0.25, -0.2) is 0 Å². The van der Waals surface area contributed by atoms with Crippen LogP contribution < -0.4 is 10.1 Å². The molecule has 84 valence electrons. The zero-order valence-corrected chi connectivity index (χ0v) is 9.15. The Bertz CT molecular complexity index is 251. The van der Waals surface area contributed by atoms with Crippen molar-refractivity contribution in [2.24, 2.45) is 0 Å². The molecule has 0 aliphatic heterocycles. The van der Waals surface area contributed by atoms with Crippen LogP contribution in [0.25, 0.3) is 0 Å². The van der Waals surface area contributed by atoms with E-state index in [4.69, 9.17) is 4.74 Å². The summed E-state index contributed by atoms with van der Waals surface area (Å²) in [7, 11) is 0. The van der Waals surface area contributed by atoms with Gasteiger partial charge in [-0.3, -0.25) is 5.32 Å². The lowest BCUT2D eigenvalue weighted by atomic mass is 10.3. The van der Waals surface area contributed by atoms with Crippen LogP contribution in [0.2, 0.25) is 0 Å². The van der Waals surface area contributed by atoms with Crippen LogP contribution in [0.5, 0.6) is 5.75 Å². The lowest BCUT2D eigenvalue weighted by Gasteiger charge is -2.13. The predicted molar refractivity (Wildman–Crippen MR) is 60.9 cm³/mol. The Morgan fingerprint density at radius 2 is 2.07 bits per heavy atom. The molecule has 0 saturated heterocycles. The Morgan fingerprint density at radius 1 is 1.33 bits per heavy atom. The van der Waals surface area contributed by atoms with Gasteiger partial charge in [0.25, 0.3) is 0 Å². The smallest absolute Gasteiger partial charge is 0.139 e. The molecule has 1 aromatic rings. The second-order valence-corrected chi connectivity index (χ2v) is 3.45. The van der Waals surface area contributed by atoms with Crippen molar-refractivity contribution in [2.75, 3.05) is 13.2 Å². The Hall–Kier alpha value is -1.06. The maximum absolute atomic E-state index is 9.50. The van der Waals surface area contributed by atoms with E-state index in [-0.39, 0.29) is 6.61 Å². The maximum Gasteiger partial charge on any atom is 0.139 e. The van der Waals surface area contributed by atoms with Crippen LogP contribution in [0.1, 0.15) is 19.8 Å². The molecule has 0 bridgehead atoms. The van der Waals surface area contributed by atoms with Gasteiger partial charge in [-0.2, -0.15) is 0 Å². The van der Waals surface area contributed by atoms with Crippen molar-refractivity contribution < 1.29 is 9.84 Å². The molecule has 0 radical (unpaired) electrons. The van der Waals surface area contributed by atoms with Crippen molar-refractivity contribution in [3.05, 3.63) is 30.3 Å². The normalized spacial score (nSPS) is 12.4. The zero-order valence-electron chi connectivity index (χ0n) is 9.15. The summed E-state index contributed by atoms with van der Waals surface area (Å²) in [6, 6.07) is 9.50. The molecule has 0 heterocycles. The second-order valence-electron chi connectivity index (χ2n) is 3.45. The molecule has 1 aromatic carbocycles. The minimum atomic E-state index is -0.586. The monoisotopic (exact) mass is 209 g/mol. The largest absolute Gasteiger partial charge is 0.489 e. The molecule has 15 heavy (non-hydrogen) atoms. The summed E-state index contributed by atoms with van der Waals surface area (Å²) in [5.74, 6) is 0.786. The van der Waals surface area contributed by atoms with Gasteiger partial charge in [0.05, 0.1) is 0 Å². The first kappa shape index (κ1) is 12.0. The van der Waals surface area contributed by atoms with Gasteiger partial charge in [-0.05, 0) is 25.1 Å². The number of aliphatic hydroxyl groups excluding tert-OH is 1. The molecule has 1 rings (SSSR count). The van der Waals surface area contributed by atoms with Crippen LogP contribution in [0.15, 0.2) is 30.3 Å². The summed E-state index contributed by atoms with van der Waals surface area (Å²) < 4.78 is 5.39. The molecule has 0 unspecified atom stereocenters. The predicted octanol–water partition coefficient (Wildman–Crippen LogP) is 1.77. The van der Waals surface area contributed by atoms with Crippen LogP contribution in [-0.2, 0) is 0 Å². The van der Waals surface area contributed by atoms with Crippen molar-refractivity contribution >= 4 is 0 Å². The van der Waals surface area contributed by atoms with E-state index in [9.17, 15) is 5.11 Å². The van der Waals surface area contributed by atoms with E-state index < -0.39 is 6.23 Å². The maximum atomic E-state index is 9.50. The van der Waals surface area contributed by atoms with Gasteiger partial charge in [0.1, 0.15) is 18.6 Å². The molecule has 0 spiro atoms. The molecule has 3 nitrogen and oxygen atoms in total. The van der Waals surface area contributed by atoms with Crippen LogP contribution >= 0.6 is 0 Å². The highest BCUT2D eigenvalue weighted by Crippen LogP contribution is 2.07. The lowest BCUT2D eigenvalue weighted by Crippen LogP contribution is -2.34. The van der Waals surface area contributed by atoms with E-state index in [0.29, 0.717) is 0 Å². The molecule has 3 heteroatoms. The molecule has 0 fully saturated rings. The molecule has 0 amide bonds. The summed E-state index contributed by atoms with van der Waals surface area (Å²) in [6.45, 7) is 3.23. The van der Waals surface area contributed by atoms with Crippen LogP contribution in [0, 0.1) is 0 Å². The summed E-state index contributed by atoms with van der Waals surface area (Å²) in [6.07, 6.45) is 1.61. The average Bonchev–Trinajstić information content (AvgIpc) is 2.28. The molecule has 0 aliphatic carbocycles. The van der Waals surface area contributed by atoms with E-state index in [1.54, 1.807) is 0 Å². The first-order valence-corrected chi connectivity index (χ1v) is 5.42. The fourth-order valence-corrected chi connectivity index (χ4v) is 1.20. The van der Waals surface area contributed by atoms with E-state index in [0.717, 1.165) is 25.1 Å². The fourth-order valence-electron chi connectivity index (χ4n) is 1.20. The standard InChI is InChI=1S/C12H19NO2/c1-2-3-9-13-12(14)10-15-11-7-5-4-6-8-11/h4-8,12-14H,2-3,9-10H2,1H3/t12-/m1/s1. The van der Waals surface area contributed by atoms with Gasteiger partial charge in [0.2, 0.25) is 0 Å². The highest BCUT2D eigenvalue weighted by Gasteiger charge is 2.02. The number of hydrogen-bond acceptors (Lipinski definition) is 3. The van der Waals surface area contributed by atoms with Gasteiger partial charge < -0.3 is 9.84 Å². The number of para-hydroxylation sites is 1. The van der Waals surface area contributed by atoms with Crippen LogP contribution in [0.4, 0.5) is 0 Å². The summed E-state index contributed by atoms with van der Waals surface area (Å²) in [5.41, 5.74) is 0. The number of ether oxygens (including phenoxy) is 1. The Balaban J connectivity index is 2.14. The summed E-state index contributed by atoms with van der Waals surface area (Å²) in [4.78, 5) is 0. The third-order valence-corrected chi connectivity index (χ3v) is 2.06. The lowest BCUT2D eigenvalue weighted by molar-refractivity contribution is 0.0789. The number of hydrogen-bond donors (Lipinski definition) is 2. The molecular formula is C12H19NO2. The van der Waals surface area contributed by atoms with Crippen molar-refractivity contribution in [3.8, 4) is 5.75 Å². The quantitative estimate of drug-likeness (QED) is 0.531. The van der Waals surface area contributed by atoms with E-state index in [1.165, 1.54) is 0 Å². The minimum absolute atomic E-state index is 0.285. The summed E-state index contributed by atoms with van der Waals surface area (Å²) in [5, 5.41) is 12.5. The van der Waals surface area contributed by atoms with E-state index in [1.807, 2.05) is 30.3 Å². The van der Waals surface area contributed by atoms with E-state index in [2.05, 4.69) is 12.2 Å². The van der Waals surface area contributed by atoms with Crippen LogP contribution in [-0.4, -0.2) is 24.5 Å². The highest BCUT2D eigenvalue weighted by molar-refractivity contribution is 5.20. The van der Waals surface area contributed by atoms with Gasteiger partial charge in [-0.1, -0.05) is 31.5 Å². The number of unbranched alkanes of at least 4 members (excludes halogenated alkanes) is 1. The van der Waals surface area contributed by atoms with Crippen molar-refractivity contribution in [3.63, 3.8) is 0 Å². The number of aliphatic hydroxyl groups is 1. The Morgan fingerprint density at radius 3 is 2.73 bits per heavy atom. The summed E-state index contributed by atoms with van der Waals surface area (Å²) >= 11 is 0. The topological polar surface area (TPSA) is 41.5 Å². The first-order chi connectivity index (χ1) is 7.33. The second kappa shape index (κ2) is 7.26. The number of nitrogens with one attached hydrogen (secondary N) is 1. The fraction of sp³-hybridized carbons (Fsp3) is 0.500. The van der Waals surface area contributed by atoms with Crippen LogP contribution in [0.3, 0.4) is 0 Å². The molecular weight excluding hydrogens is 190 g/mol. The number of benzene rings is 1. The molecule has 1 atom stereocenters. The SMILES string of the molecule is CCCCN[C@H](O)COc1ccccc1. The van der Waals surface area contributed by atoms with Gasteiger partial charge >= 0.3 is 0 Å². The van der Waals surface area contributed by atoms with Crippen molar-refractivity contribution in [2.45, 2.75) is 26.0 Å². The molecule has 0 aromatic heterocycles. The van der Waals surface area contributed by atoms with Crippen molar-refractivity contribution in [1.29, 1.82) is 0 Å². The first-order valence-electron chi connectivity index (χ1n) is 5.42. The van der Waals surface area contributed by atoms with Gasteiger partial charge in [0, 0.05) is 0 Å². The van der Waals surface area contributed by atoms with Gasteiger partial charge in [-0.15, -0.1) is 0 Å². The average molecular weight is 209 g/mol. The Labute approximate surface area is 91.1 Å². The Kier molecular flexibility index (Phi) is 5.81.